The van der Waals surface area contributed by atoms with E-state index in [1.165, 1.54) is 26.2 Å². The zero-order valence-corrected chi connectivity index (χ0v) is 21.1. The summed E-state index contributed by atoms with van der Waals surface area (Å²) < 4.78 is 22.5. The van der Waals surface area contributed by atoms with Gasteiger partial charge in [0.05, 0.1) is 38.2 Å². The number of hydrogen-bond acceptors (Lipinski definition) is 9. The Balaban J connectivity index is 1.53. The fraction of sp³-hybridized carbons (Fsp3) is 0.276. The third-order valence-corrected chi connectivity index (χ3v) is 6.69. The van der Waals surface area contributed by atoms with Crippen LogP contribution < -0.4 is 4.74 Å². The van der Waals surface area contributed by atoms with E-state index >= 15 is 0 Å². The van der Waals surface area contributed by atoms with Crippen LogP contribution in [0.2, 0.25) is 0 Å². The van der Waals surface area contributed by atoms with E-state index in [4.69, 9.17) is 18.6 Å². The zero-order valence-electron chi connectivity index (χ0n) is 21.1. The number of hydrogen-bond donors (Lipinski definition) is 1. The molecule has 2 aliphatic rings. The Hall–Kier alpha value is -4.37. The maximum atomic E-state index is 13.2. The van der Waals surface area contributed by atoms with Crippen LogP contribution in [-0.4, -0.2) is 61.0 Å². The fourth-order valence-corrected chi connectivity index (χ4v) is 4.62. The zero-order chi connectivity index (χ0) is 26.8. The van der Waals surface area contributed by atoms with Crippen molar-refractivity contribution in [3.63, 3.8) is 0 Å². The fourth-order valence-electron chi connectivity index (χ4n) is 4.62. The summed E-state index contributed by atoms with van der Waals surface area (Å²) in [5, 5.41) is 10.9. The van der Waals surface area contributed by atoms with Gasteiger partial charge >= 0.3 is 5.97 Å². The highest BCUT2D eigenvalue weighted by molar-refractivity contribution is 6.12. The van der Waals surface area contributed by atoms with Crippen molar-refractivity contribution in [1.82, 2.24) is 4.90 Å². The van der Waals surface area contributed by atoms with E-state index in [0.717, 1.165) is 5.56 Å². The standard InChI is InChI=1S/C29H27NO8/c1-17(31)18-3-5-19(6-4-18)23-9-10-24(37-23)21(15-26(33)35-2)27-22(32)8-7-20-28(34)25(38-29(20)27)16-30-11-13-36-14-12-30/h3-10,16,21,32H,11-15H2,1-2H3/b25-16-. The largest absolute Gasteiger partial charge is 0.508 e. The number of phenols is 1. The summed E-state index contributed by atoms with van der Waals surface area (Å²) in [6, 6.07) is 13.4. The van der Waals surface area contributed by atoms with Gasteiger partial charge in [-0.25, -0.2) is 0 Å². The second-order valence-electron chi connectivity index (χ2n) is 9.12. The highest BCUT2D eigenvalue weighted by atomic mass is 16.5. The smallest absolute Gasteiger partial charge is 0.306 e. The van der Waals surface area contributed by atoms with Crippen LogP contribution in [0.25, 0.3) is 11.3 Å². The van der Waals surface area contributed by atoms with Gasteiger partial charge in [-0.15, -0.1) is 0 Å². The summed E-state index contributed by atoms with van der Waals surface area (Å²) >= 11 is 0. The van der Waals surface area contributed by atoms with Crippen LogP contribution >= 0.6 is 0 Å². The molecule has 5 rings (SSSR count). The Labute approximate surface area is 219 Å². The van der Waals surface area contributed by atoms with Crippen molar-refractivity contribution in [3.8, 4) is 22.8 Å². The van der Waals surface area contributed by atoms with Crippen molar-refractivity contribution in [2.24, 2.45) is 0 Å². The van der Waals surface area contributed by atoms with E-state index in [0.29, 0.717) is 49.0 Å². The number of ketones is 2. The number of ether oxygens (including phenoxy) is 3. The normalized spacial score (nSPS) is 16.7. The predicted octanol–water partition coefficient (Wildman–Crippen LogP) is 4.30. The van der Waals surface area contributed by atoms with Crippen molar-refractivity contribution in [1.29, 1.82) is 0 Å². The van der Waals surface area contributed by atoms with Crippen molar-refractivity contribution in [3.05, 3.63) is 82.9 Å². The Morgan fingerprint density at radius 3 is 2.50 bits per heavy atom. The van der Waals surface area contributed by atoms with Crippen LogP contribution in [0.3, 0.4) is 0 Å². The molecule has 1 atom stereocenters. The van der Waals surface area contributed by atoms with Gasteiger partial charge in [-0.1, -0.05) is 24.3 Å². The molecule has 3 aromatic rings. The minimum absolute atomic E-state index is 0.0418. The molecule has 9 nitrogen and oxygen atoms in total. The molecule has 0 amide bonds. The van der Waals surface area contributed by atoms with Crippen molar-refractivity contribution in [2.45, 2.75) is 19.3 Å². The first-order chi connectivity index (χ1) is 18.4. The number of carbonyl (C=O) groups is 3. The van der Waals surface area contributed by atoms with Crippen molar-refractivity contribution >= 4 is 17.5 Å². The van der Waals surface area contributed by atoms with Gasteiger partial charge in [0, 0.05) is 36.0 Å². The van der Waals surface area contributed by atoms with Gasteiger partial charge in [0.25, 0.3) is 0 Å². The van der Waals surface area contributed by atoms with Gasteiger partial charge in [0.1, 0.15) is 23.0 Å². The average Bonchev–Trinajstić information content (AvgIpc) is 3.53. The van der Waals surface area contributed by atoms with Crippen LogP contribution in [0.5, 0.6) is 11.5 Å². The molecule has 196 valence electrons. The Bertz CT molecular complexity index is 1410. The average molecular weight is 518 g/mol. The molecule has 1 saturated heterocycles. The number of rotatable bonds is 7. The van der Waals surface area contributed by atoms with E-state index in [1.54, 1.807) is 42.6 Å². The van der Waals surface area contributed by atoms with Crippen LogP contribution in [0.1, 0.15) is 51.3 Å². The topological polar surface area (TPSA) is 116 Å². The summed E-state index contributed by atoms with van der Waals surface area (Å²) in [7, 11) is 1.28. The number of carbonyl (C=O) groups excluding carboxylic acids is 3. The first kappa shape index (κ1) is 25.3. The maximum Gasteiger partial charge on any atom is 0.306 e. The Morgan fingerprint density at radius 1 is 1.08 bits per heavy atom. The summed E-state index contributed by atoms with van der Waals surface area (Å²) in [4.78, 5) is 39.2. The molecule has 9 heteroatoms. The number of esters is 1. The monoisotopic (exact) mass is 517 g/mol. The molecular weight excluding hydrogens is 490 g/mol. The van der Waals surface area contributed by atoms with Crippen LogP contribution in [0, 0.1) is 0 Å². The number of Topliss-reactive ketones (excluding diaryl/α,β-unsaturated/α-hetero) is 2. The third-order valence-electron chi connectivity index (χ3n) is 6.69. The summed E-state index contributed by atoms with van der Waals surface area (Å²) in [5.74, 6) is -0.587. The van der Waals surface area contributed by atoms with Gasteiger partial charge in [0.2, 0.25) is 5.78 Å². The Kier molecular flexibility index (Phi) is 7.02. The molecule has 1 unspecified atom stereocenters. The molecule has 1 fully saturated rings. The molecule has 38 heavy (non-hydrogen) atoms. The Morgan fingerprint density at radius 2 is 1.82 bits per heavy atom. The maximum absolute atomic E-state index is 13.2. The van der Waals surface area contributed by atoms with E-state index in [9.17, 15) is 19.5 Å². The molecule has 0 saturated carbocycles. The van der Waals surface area contributed by atoms with Gasteiger partial charge < -0.3 is 28.6 Å². The first-order valence-corrected chi connectivity index (χ1v) is 12.3. The lowest BCUT2D eigenvalue weighted by atomic mass is 9.90. The van der Waals surface area contributed by atoms with Gasteiger partial charge in [-0.2, -0.15) is 0 Å². The van der Waals surface area contributed by atoms with Crippen LogP contribution in [-0.2, 0) is 14.3 Å². The summed E-state index contributed by atoms with van der Waals surface area (Å²) in [5.41, 5.74) is 1.87. The molecule has 2 aliphatic heterocycles. The number of furan rings is 1. The van der Waals surface area contributed by atoms with E-state index in [1.807, 2.05) is 4.90 Å². The number of fused-ring (bicyclic) bond motifs is 1. The minimum Gasteiger partial charge on any atom is -0.508 e. The lowest BCUT2D eigenvalue weighted by Crippen LogP contribution is -2.32. The number of nitrogens with zero attached hydrogens (tertiary/aromatic N) is 1. The summed E-state index contributed by atoms with van der Waals surface area (Å²) in [6.45, 7) is 3.85. The number of allylic oxidation sites excluding steroid dienone is 1. The number of aromatic hydroxyl groups is 1. The number of phenolic OH excluding ortho intramolecular Hbond substituents is 1. The first-order valence-electron chi connectivity index (χ1n) is 12.3. The molecule has 1 N–H and O–H groups in total. The molecular formula is C29H27NO8. The molecule has 0 bridgehead atoms. The summed E-state index contributed by atoms with van der Waals surface area (Å²) in [6.07, 6.45) is 1.51. The molecule has 1 aromatic heterocycles. The lowest BCUT2D eigenvalue weighted by Gasteiger charge is -2.25. The lowest BCUT2D eigenvalue weighted by molar-refractivity contribution is -0.140. The number of morpholine rings is 1. The van der Waals surface area contributed by atoms with E-state index in [2.05, 4.69) is 0 Å². The van der Waals surface area contributed by atoms with Crippen LogP contribution in [0.4, 0.5) is 0 Å². The van der Waals surface area contributed by atoms with Crippen molar-refractivity contribution in [2.75, 3.05) is 33.4 Å². The minimum atomic E-state index is -0.793. The third kappa shape index (κ3) is 4.92. The second-order valence-corrected chi connectivity index (χ2v) is 9.12. The highest BCUT2D eigenvalue weighted by Crippen LogP contribution is 2.47. The van der Waals surface area contributed by atoms with E-state index in [-0.39, 0.29) is 40.8 Å². The van der Waals surface area contributed by atoms with Gasteiger partial charge in [0.15, 0.2) is 11.5 Å². The molecule has 0 spiro atoms. The number of methoxy groups -OCH3 is 1. The predicted molar refractivity (Wildman–Crippen MR) is 136 cm³/mol. The van der Waals surface area contributed by atoms with Crippen molar-refractivity contribution < 1.29 is 38.1 Å². The van der Waals surface area contributed by atoms with Crippen LogP contribution in [0.15, 0.2) is 64.9 Å². The molecule has 0 radical (unpaired) electrons. The highest BCUT2D eigenvalue weighted by Gasteiger charge is 2.37. The molecule has 0 aliphatic carbocycles. The van der Waals surface area contributed by atoms with Gasteiger partial charge in [-0.3, -0.25) is 14.4 Å². The van der Waals surface area contributed by atoms with Gasteiger partial charge in [-0.05, 0) is 31.2 Å². The quantitative estimate of drug-likeness (QED) is 0.278. The second kappa shape index (κ2) is 10.5. The van der Waals surface area contributed by atoms with E-state index < -0.39 is 11.9 Å². The SMILES string of the molecule is COC(=O)CC(c1ccc(-c2ccc(C(C)=O)cc2)o1)c1c(O)ccc2c1O/C(=C\N1CCOCC1)C2=O. The molecule has 3 heterocycles. The number of benzene rings is 2. The molecule has 2 aromatic carbocycles.